The molecule has 0 fully saturated rings. The lowest BCUT2D eigenvalue weighted by Gasteiger charge is -2.12. The Morgan fingerprint density at radius 2 is 1.71 bits per heavy atom. The fraction of sp³-hybridized carbons (Fsp3) is 0.647. The van der Waals surface area contributed by atoms with Gasteiger partial charge < -0.3 is 9.42 Å². The third kappa shape index (κ3) is 14.1. The van der Waals surface area contributed by atoms with Crippen molar-refractivity contribution in [1.82, 2.24) is 0 Å². The molecule has 4 heteroatoms. The Labute approximate surface area is 130 Å². The SMILES string of the molecule is CCCCCCCC=CC=CC=CP(=O)(O)OC(C)CC. The summed E-state index contributed by atoms with van der Waals surface area (Å²) in [6.07, 6.45) is 17.3. The second kappa shape index (κ2) is 13.1. The Balaban J connectivity index is 3.83. The molecule has 0 amide bonds. The maximum Gasteiger partial charge on any atom is 0.351 e. The van der Waals surface area contributed by atoms with E-state index < -0.39 is 7.60 Å². The third-order valence-corrected chi connectivity index (χ3v) is 4.33. The van der Waals surface area contributed by atoms with Gasteiger partial charge in [0.2, 0.25) is 0 Å². The Bertz CT molecular complexity index is 372. The van der Waals surface area contributed by atoms with Gasteiger partial charge in [-0.1, -0.05) is 69.9 Å². The van der Waals surface area contributed by atoms with Gasteiger partial charge in [-0.25, -0.2) is 0 Å². The highest BCUT2D eigenvalue weighted by Crippen LogP contribution is 2.45. The molecule has 0 spiro atoms. The Kier molecular flexibility index (Phi) is 12.7. The molecule has 122 valence electrons. The van der Waals surface area contributed by atoms with Crippen LogP contribution in [0.2, 0.25) is 0 Å². The van der Waals surface area contributed by atoms with Gasteiger partial charge in [-0.3, -0.25) is 4.57 Å². The standard InChI is InChI=1S/C17H31O3P/c1-4-6-7-8-9-10-11-12-13-14-15-16-21(18,19)20-17(3)5-2/h11-17H,4-10H2,1-3H3,(H,18,19). The number of hydrogen-bond acceptors (Lipinski definition) is 2. The molecule has 0 aliphatic rings. The van der Waals surface area contributed by atoms with Crippen LogP contribution in [0.15, 0.2) is 36.2 Å². The highest BCUT2D eigenvalue weighted by atomic mass is 31.2. The van der Waals surface area contributed by atoms with Crippen molar-refractivity contribution >= 4 is 7.60 Å². The summed E-state index contributed by atoms with van der Waals surface area (Å²) >= 11 is 0. The lowest BCUT2D eigenvalue weighted by Crippen LogP contribution is -2.02. The predicted molar refractivity (Wildman–Crippen MR) is 91.5 cm³/mol. The molecule has 3 nitrogen and oxygen atoms in total. The van der Waals surface area contributed by atoms with Crippen molar-refractivity contribution in [2.24, 2.45) is 0 Å². The molecule has 0 saturated carbocycles. The van der Waals surface area contributed by atoms with Crippen molar-refractivity contribution in [3.8, 4) is 0 Å². The summed E-state index contributed by atoms with van der Waals surface area (Å²) in [6.45, 7) is 5.93. The molecular formula is C17H31O3P. The predicted octanol–water partition coefficient (Wildman–Crippen LogP) is 5.97. The molecule has 0 bridgehead atoms. The lowest BCUT2D eigenvalue weighted by atomic mass is 10.1. The van der Waals surface area contributed by atoms with Gasteiger partial charge in [0, 0.05) is 5.82 Å². The molecule has 2 unspecified atom stereocenters. The van der Waals surface area contributed by atoms with Crippen LogP contribution in [0.5, 0.6) is 0 Å². The summed E-state index contributed by atoms with van der Waals surface area (Å²) in [6, 6.07) is 0. The fourth-order valence-electron chi connectivity index (χ4n) is 1.69. The smallest absolute Gasteiger partial charge is 0.321 e. The van der Waals surface area contributed by atoms with E-state index in [-0.39, 0.29) is 6.10 Å². The maximum absolute atomic E-state index is 11.6. The molecule has 0 radical (unpaired) electrons. The molecular weight excluding hydrogens is 283 g/mol. The van der Waals surface area contributed by atoms with Crippen LogP contribution in [0.25, 0.3) is 0 Å². The number of allylic oxidation sites excluding steroid dienone is 5. The second-order valence-corrected chi connectivity index (χ2v) is 6.88. The van der Waals surface area contributed by atoms with Crippen LogP contribution in [0.3, 0.4) is 0 Å². The van der Waals surface area contributed by atoms with E-state index in [1.54, 1.807) is 19.1 Å². The Hall–Kier alpha value is -0.630. The number of unbranched alkanes of at least 4 members (excludes halogenated alkanes) is 5. The molecule has 0 heterocycles. The zero-order valence-corrected chi connectivity index (χ0v) is 14.6. The van der Waals surface area contributed by atoms with E-state index in [1.807, 2.05) is 19.1 Å². The molecule has 0 rings (SSSR count). The van der Waals surface area contributed by atoms with E-state index in [0.717, 1.165) is 12.8 Å². The normalized spacial score (nSPS) is 17.0. The molecule has 0 saturated heterocycles. The first-order chi connectivity index (χ1) is 10.0. The molecule has 0 aliphatic carbocycles. The molecule has 2 atom stereocenters. The molecule has 0 aromatic carbocycles. The molecule has 21 heavy (non-hydrogen) atoms. The van der Waals surface area contributed by atoms with E-state index in [2.05, 4.69) is 13.0 Å². The van der Waals surface area contributed by atoms with Crippen molar-refractivity contribution in [1.29, 1.82) is 0 Å². The number of rotatable bonds is 12. The van der Waals surface area contributed by atoms with Gasteiger partial charge >= 0.3 is 7.60 Å². The fourth-order valence-corrected chi connectivity index (χ4v) is 2.75. The van der Waals surface area contributed by atoms with E-state index in [0.29, 0.717) is 0 Å². The van der Waals surface area contributed by atoms with Gasteiger partial charge in [-0.2, -0.15) is 0 Å². The van der Waals surface area contributed by atoms with Crippen LogP contribution >= 0.6 is 7.60 Å². The lowest BCUT2D eigenvalue weighted by molar-refractivity contribution is 0.191. The maximum atomic E-state index is 11.6. The summed E-state index contributed by atoms with van der Waals surface area (Å²) in [5, 5.41) is 0. The third-order valence-electron chi connectivity index (χ3n) is 3.12. The molecule has 0 aromatic rings. The minimum Gasteiger partial charge on any atom is -0.321 e. The molecule has 0 aromatic heterocycles. The van der Waals surface area contributed by atoms with E-state index >= 15 is 0 Å². The zero-order valence-electron chi connectivity index (χ0n) is 13.7. The zero-order chi connectivity index (χ0) is 16.0. The summed E-state index contributed by atoms with van der Waals surface area (Å²) < 4.78 is 16.7. The largest absolute Gasteiger partial charge is 0.351 e. The van der Waals surface area contributed by atoms with Gasteiger partial charge in [0.05, 0.1) is 6.10 Å². The van der Waals surface area contributed by atoms with Crippen LogP contribution in [0.4, 0.5) is 0 Å². The number of hydrogen-bond donors (Lipinski definition) is 1. The van der Waals surface area contributed by atoms with Gasteiger partial charge in [-0.05, 0) is 26.2 Å². The van der Waals surface area contributed by atoms with E-state index in [1.165, 1.54) is 37.9 Å². The summed E-state index contributed by atoms with van der Waals surface area (Å²) in [5.74, 6) is 1.23. The van der Waals surface area contributed by atoms with Crippen LogP contribution in [0, 0.1) is 0 Å². The highest BCUT2D eigenvalue weighted by molar-refractivity contribution is 7.56. The van der Waals surface area contributed by atoms with Crippen molar-refractivity contribution in [2.75, 3.05) is 0 Å². The minimum absolute atomic E-state index is 0.206. The average molecular weight is 314 g/mol. The Morgan fingerprint density at radius 3 is 2.38 bits per heavy atom. The van der Waals surface area contributed by atoms with Crippen LogP contribution in [0.1, 0.15) is 65.7 Å². The van der Waals surface area contributed by atoms with E-state index in [4.69, 9.17) is 4.52 Å². The molecule has 0 aliphatic heterocycles. The monoisotopic (exact) mass is 314 g/mol. The van der Waals surface area contributed by atoms with Gasteiger partial charge in [0.1, 0.15) is 0 Å². The summed E-state index contributed by atoms with van der Waals surface area (Å²) in [5.41, 5.74) is 0. The second-order valence-electron chi connectivity index (χ2n) is 5.25. The first-order valence-corrected chi connectivity index (χ1v) is 9.68. The highest BCUT2D eigenvalue weighted by Gasteiger charge is 2.17. The van der Waals surface area contributed by atoms with Crippen molar-refractivity contribution in [3.63, 3.8) is 0 Å². The van der Waals surface area contributed by atoms with Crippen LogP contribution in [-0.2, 0) is 9.09 Å². The van der Waals surface area contributed by atoms with Crippen molar-refractivity contribution in [2.45, 2.75) is 71.8 Å². The van der Waals surface area contributed by atoms with Gasteiger partial charge in [0.25, 0.3) is 0 Å². The van der Waals surface area contributed by atoms with Crippen LogP contribution < -0.4 is 0 Å². The van der Waals surface area contributed by atoms with Crippen molar-refractivity contribution < 1.29 is 14.0 Å². The molecule has 1 N–H and O–H groups in total. The van der Waals surface area contributed by atoms with Crippen molar-refractivity contribution in [3.05, 3.63) is 36.2 Å². The van der Waals surface area contributed by atoms with E-state index in [9.17, 15) is 9.46 Å². The average Bonchev–Trinajstić information content (AvgIpc) is 2.44. The van der Waals surface area contributed by atoms with Crippen LogP contribution in [-0.4, -0.2) is 11.0 Å². The van der Waals surface area contributed by atoms with Gasteiger partial charge in [0.15, 0.2) is 0 Å². The first-order valence-electron chi connectivity index (χ1n) is 8.03. The quantitative estimate of drug-likeness (QED) is 0.274. The minimum atomic E-state index is -3.60. The summed E-state index contributed by atoms with van der Waals surface area (Å²) in [7, 11) is -3.60. The topological polar surface area (TPSA) is 46.5 Å². The Morgan fingerprint density at radius 1 is 1.05 bits per heavy atom. The van der Waals surface area contributed by atoms with Gasteiger partial charge in [-0.15, -0.1) is 0 Å². The first kappa shape index (κ1) is 20.4. The summed E-state index contributed by atoms with van der Waals surface area (Å²) in [4.78, 5) is 9.55.